The predicted molar refractivity (Wildman–Crippen MR) is 380 cm³/mol. The topological polar surface area (TPSA) is 473 Å². The number of esters is 1. The van der Waals surface area contributed by atoms with Crippen molar-refractivity contribution in [2.75, 3.05) is 18.5 Å². The van der Waals surface area contributed by atoms with E-state index in [1.807, 2.05) is 70.2 Å². The molecule has 4 aliphatic rings. The van der Waals surface area contributed by atoms with Gasteiger partial charge in [0.05, 0.1) is 42.3 Å². The summed E-state index contributed by atoms with van der Waals surface area (Å²) in [7, 11) is 0. The summed E-state index contributed by atoms with van der Waals surface area (Å²) in [4.78, 5) is 138. The number of hydrogen-bond donors (Lipinski definition) is 13. The highest BCUT2D eigenvalue weighted by Gasteiger charge is 2.50. The number of nitrogens with one attached hydrogen (secondary N) is 7. The van der Waals surface area contributed by atoms with Crippen LogP contribution in [0.25, 0.3) is 0 Å². The minimum absolute atomic E-state index is 0.00425. The number of ether oxygens (including phenoxy) is 4. The van der Waals surface area contributed by atoms with Gasteiger partial charge in [-0.15, -0.1) is 5.10 Å². The Kier molecular flexibility index (Phi) is 33.2. The molecule has 1 aromatic heterocycles. The number of alkyl carbamates (subject to hydrolysis) is 2. The third-order valence-corrected chi connectivity index (χ3v) is 18.9. The Labute approximate surface area is 605 Å². The van der Waals surface area contributed by atoms with Gasteiger partial charge in [0.15, 0.2) is 0 Å². The van der Waals surface area contributed by atoms with Gasteiger partial charge < -0.3 is 82.7 Å². The van der Waals surface area contributed by atoms with Crippen LogP contribution in [0, 0.1) is 35.5 Å². The van der Waals surface area contributed by atoms with Crippen molar-refractivity contribution in [3.05, 3.63) is 113 Å². The van der Waals surface area contributed by atoms with Crippen LogP contribution in [0.4, 0.5) is 20.1 Å². The molecular formula is C73H104N12O19. The number of anilines is 1. The summed E-state index contributed by atoms with van der Waals surface area (Å²) in [6.45, 7) is 13.7. The zero-order chi connectivity index (χ0) is 76.2. The van der Waals surface area contributed by atoms with E-state index in [-0.39, 0.29) is 119 Å². The molecule has 1 aromatic carbocycles. The number of primary amides is 2. The number of rotatable bonds is 40. The fourth-order valence-corrected chi connectivity index (χ4v) is 13.1. The number of aliphatic hydroxyl groups excluding tert-OH is 1. The Morgan fingerprint density at radius 1 is 0.798 bits per heavy atom. The van der Waals surface area contributed by atoms with Gasteiger partial charge >= 0.3 is 42.1 Å². The zero-order valence-electron chi connectivity index (χ0n) is 60.2. The number of carboxylic acids is 3. The van der Waals surface area contributed by atoms with Gasteiger partial charge in [-0.1, -0.05) is 105 Å². The third-order valence-electron chi connectivity index (χ3n) is 18.9. The Morgan fingerprint density at radius 2 is 1.47 bits per heavy atom. The molecule has 2 aromatic rings. The first kappa shape index (κ1) is 83.2. The number of carbonyl (C=O) groups is 11. The minimum Gasteiger partial charge on any atom is -0.480 e. The number of hydrogen-bond acceptors (Lipinski definition) is 19. The van der Waals surface area contributed by atoms with Gasteiger partial charge in [-0.25, -0.2) is 28.7 Å². The lowest BCUT2D eigenvalue weighted by atomic mass is 9.87. The number of carboxylic acid groups (broad SMARTS) is 3. The molecule has 3 heterocycles. The summed E-state index contributed by atoms with van der Waals surface area (Å²) >= 11 is 0. The number of benzene rings is 1. The van der Waals surface area contributed by atoms with Crippen LogP contribution in [0.3, 0.4) is 0 Å². The molecule has 6 rings (SSSR count). The number of aliphatic hydroxyl groups is 1. The van der Waals surface area contributed by atoms with Crippen molar-refractivity contribution in [1.29, 1.82) is 0 Å². The number of aromatic nitrogens is 3. The Bertz CT molecular complexity index is 3490. The first-order chi connectivity index (χ1) is 49.5. The van der Waals surface area contributed by atoms with Crippen LogP contribution in [0.2, 0.25) is 0 Å². The second-order valence-corrected chi connectivity index (χ2v) is 27.5. The summed E-state index contributed by atoms with van der Waals surface area (Å²) in [5.41, 5.74) is 15.1. The molecule has 570 valence electrons. The van der Waals surface area contributed by atoms with E-state index in [2.05, 4.69) is 60.5 Å². The maximum absolute atomic E-state index is 14.0. The number of carbonyl (C=O) groups excluding carboxylic acids is 8. The Hall–Kier alpha value is -9.75. The zero-order valence-corrected chi connectivity index (χ0v) is 60.2. The number of aliphatic carboxylic acids is 3. The molecule has 1 saturated carbocycles. The van der Waals surface area contributed by atoms with Crippen LogP contribution >= 0.6 is 0 Å². The summed E-state index contributed by atoms with van der Waals surface area (Å²) < 4.78 is 24.9. The third kappa shape index (κ3) is 27.8. The number of urea groups is 1. The molecule has 2 fully saturated rings. The smallest absolute Gasteiger partial charge is 0.408 e. The molecule has 0 spiro atoms. The van der Waals surface area contributed by atoms with Crippen molar-refractivity contribution < 1.29 is 92.1 Å². The number of cyclic esters (lactones) is 1. The van der Waals surface area contributed by atoms with E-state index in [0.29, 0.717) is 30.5 Å². The van der Waals surface area contributed by atoms with Crippen LogP contribution in [0.15, 0.2) is 96.2 Å². The van der Waals surface area contributed by atoms with E-state index in [1.165, 1.54) is 6.08 Å². The lowest BCUT2D eigenvalue weighted by molar-refractivity contribution is -0.144. The van der Waals surface area contributed by atoms with Gasteiger partial charge in [0, 0.05) is 56.5 Å². The van der Waals surface area contributed by atoms with E-state index in [4.69, 9.17) is 30.4 Å². The van der Waals surface area contributed by atoms with Gasteiger partial charge in [-0.3, -0.25) is 34.1 Å². The fraction of sp³-hybridized carbons (Fsp3) is 0.575. The number of aryl methyl sites for hydroxylation is 2. The maximum Gasteiger partial charge on any atom is 0.408 e. The molecule has 15 N–H and O–H groups in total. The molecule has 104 heavy (non-hydrogen) atoms. The Morgan fingerprint density at radius 3 is 2.12 bits per heavy atom. The van der Waals surface area contributed by atoms with Crippen molar-refractivity contribution in [2.24, 2.45) is 47.0 Å². The summed E-state index contributed by atoms with van der Waals surface area (Å²) in [5.74, 6) is -7.33. The van der Waals surface area contributed by atoms with Crippen molar-refractivity contribution in [2.45, 2.75) is 219 Å². The summed E-state index contributed by atoms with van der Waals surface area (Å²) in [6, 6.07) is -1.47. The molecule has 2 aliphatic heterocycles. The molecule has 2 aliphatic carbocycles. The number of nitrogens with zero attached hydrogens (tertiary/aromatic N) is 3. The molecule has 31 heteroatoms. The van der Waals surface area contributed by atoms with Crippen LogP contribution < -0.4 is 48.7 Å². The molecule has 0 radical (unpaired) electrons. The van der Waals surface area contributed by atoms with Crippen LogP contribution in [0.5, 0.6) is 0 Å². The second-order valence-electron chi connectivity index (χ2n) is 27.5. The van der Waals surface area contributed by atoms with Crippen molar-refractivity contribution in [1.82, 2.24) is 46.9 Å². The van der Waals surface area contributed by atoms with Gasteiger partial charge in [-0.2, -0.15) is 0 Å². The van der Waals surface area contributed by atoms with E-state index >= 15 is 0 Å². The van der Waals surface area contributed by atoms with E-state index in [0.717, 1.165) is 41.8 Å². The van der Waals surface area contributed by atoms with E-state index in [9.17, 15) is 73.2 Å². The highest BCUT2D eigenvalue weighted by atomic mass is 16.6. The molecule has 8 amide bonds. The number of fused-ring (bicyclic) bond motifs is 2. The molecular weight excluding hydrogens is 1350 g/mol. The molecule has 0 unspecified atom stereocenters. The normalized spacial score (nSPS) is 22.4. The summed E-state index contributed by atoms with van der Waals surface area (Å²) in [5, 5.41) is 67.4. The van der Waals surface area contributed by atoms with Gasteiger partial charge in [0.1, 0.15) is 42.9 Å². The van der Waals surface area contributed by atoms with Gasteiger partial charge in [0.2, 0.25) is 23.6 Å². The monoisotopic (exact) mass is 1450 g/mol. The molecule has 0 bridgehead atoms. The largest absolute Gasteiger partial charge is 0.480 e. The SMILES string of the molecule is C/C=C/[C@@H]1O[C@H]([C@@H](/C=C/C=C(\C)C[C@@H](C)/C=C(C)\C=C\[C@H]2CC=CC(=O)O2)NC(=O)OCc2ccc(NC(=O)[C@H](CCCNC(N)=O)NC(=O)[C@@H](NC(=O)OC[C@@H]3[C@@H]4CCc5nnn(CCC[C@H](NC(=O)CC[C@H](N[C@@H](CCC(N)=O)C(=O)O)C(=O)O)C(=O)O)c5CC[C@@H]43)C(C)C)cc2)C[C@@H](O)[C@@H]1C. The number of allylic oxidation sites excluding steroid dienone is 7. The lowest BCUT2D eigenvalue weighted by Crippen LogP contribution is -2.54. The highest BCUT2D eigenvalue weighted by molar-refractivity contribution is 5.98. The Balaban J connectivity index is 0.974. The fourth-order valence-electron chi connectivity index (χ4n) is 13.1. The minimum atomic E-state index is -1.49. The lowest BCUT2D eigenvalue weighted by Gasteiger charge is -2.39. The number of amides is 8. The molecule has 1 saturated heterocycles. The first-order valence-electron chi connectivity index (χ1n) is 35.6. The maximum atomic E-state index is 14.0. The predicted octanol–water partition coefficient (Wildman–Crippen LogP) is 5.46. The van der Waals surface area contributed by atoms with Gasteiger partial charge in [0.25, 0.3) is 0 Å². The summed E-state index contributed by atoms with van der Waals surface area (Å²) in [6.07, 6.45) is 18.5. The van der Waals surface area contributed by atoms with E-state index < -0.39 is 127 Å². The average molecular weight is 1450 g/mol. The van der Waals surface area contributed by atoms with Crippen molar-refractivity contribution in [3.8, 4) is 0 Å². The average Bonchev–Trinajstić information content (AvgIpc) is 1.61. The second kappa shape index (κ2) is 41.5. The highest BCUT2D eigenvalue weighted by Crippen LogP contribution is 2.53. The molecule has 15 atom stereocenters. The van der Waals surface area contributed by atoms with E-state index in [1.54, 1.807) is 48.9 Å². The van der Waals surface area contributed by atoms with Crippen molar-refractivity contribution >= 4 is 71.4 Å². The van der Waals surface area contributed by atoms with Crippen molar-refractivity contribution in [3.63, 3.8) is 0 Å². The first-order valence-corrected chi connectivity index (χ1v) is 35.6. The van der Waals surface area contributed by atoms with Crippen LogP contribution in [-0.4, -0.2) is 175 Å². The number of nitrogens with two attached hydrogens (primary N) is 2. The quantitative estimate of drug-likeness (QED) is 0.0129. The van der Waals surface area contributed by atoms with Crippen LogP contribution in [0.1, 0.15) is 149 Å². The standard InChI is InChI=1S/C73H104N12O19/c1-8-13-60-45(7)59(86)38-61(104-60)53(16-9-14-42(4)36-44(6)37-43(5)20-25-48-15-10-19-64(89)103-48)81-72(99)101-39-46-21-23-47(24-22-46)77-66(90)54(17-11-34-76-71(75)98)80-67(91)65(41(2)3)82-73(100)102-40-51-49-26-28-52-58(31-27-50(49)51)85(84-83-52)35-12-18-55(68(92)93)79-63(88)33-30-57(70(96)97)78-56(69(94)95)29-32-62(74)87/h8-10,13-14,16,19-25,37,41,44-45,48-51,53-57,59-61,65,78,86H,11-12,15,17-18,26-36,38-40H2,1-7H3,(H2,74,87)(H,77,90)(H,79,88)(H,80,91)(H,81,99)(H,82,100)(H,92,93)(H,94,95)(H,96,97)(H3,75,76,98)/b13-8+,16-9+,25-20+,42-14+,43-37-/t44-,45+,48-,49-,50+,51-,53-,54+,55+,56+,57+,59-,60+,61+,65+/m1/s1. The van der Waals surface area contributed by atoms with Gasteiger partial charge in [-0.05, 0) is 145 Å². The van der Waals surface area contributed by atoms with Crippen LogP contribution in [-0.2, 0) is 83.3 Å². The molecule has 31 nitrogen and oxygen atoms in total.